The predicted octanol–water partition coefficient (Wildman–Crippen LogP) is 3.44. The second kappa shape index (κ2) is 5.10. The number of anilines is 2. The fraction of sp³-hybridized carbons (Fsp3) is 0.474. The molecule has 2 saturated carbocycles. The van der Waals surface area contributed by atoms with Crippen LogP contribution >= 0.6 is 0 Å². The first kappa shape index (κ1) is 14.1. The highest BCUT2D eigenvalue weighted by Crippen LogP contribution is 2.40. The van der Waals surface area contributed by atoms with Gasteiger partial charge in [-0.2, -0.15) is 5.10 Å². The van der Waals surface area contributed by atoms with Crippen molar-refractivity contribution in [1.82, 2.24) is 9.78 Å². The van der Waals surface area contributed by atoms with Gasteiger partial charge in [-0.25, -0.2) is 0 Å². The minimum absolute atomic E-state index is 0.240. The third-order valence-electron chi connectivity index (χ3n) is 5.20. The zero-order valence-corrected chi connectivity index (χ0v) is 13.9. The number of fused-ring (bicyclic) bond motifs is 1. The molecular weight excluding hydrogens is 300 g/mol. The van der Waals surface area contributed by atoms with Gasteiger partial charge in [0.05, 0.1) is 23.6 Å². The van der Waals surface area contributed by atoms with Gasteiger partial charge >= 0.3 is 0 Å². The van der Waals surface area contributed by atoms with Crippen LogP contribution in [-0.2, 0) is 4.79 Å². The van der Waals surface area contributed by atoms with Gasteiger partial charge in [-0.3, -0.25) is 9.48 Å². The summed E-state index contributed by atoms with van der Waals surface area (Å²) in [5.74, 6) is 0.528. The maximum atomic E-state index is 12.7. The molecule has 3 aliphatic rings. The van der Waals surface area contributed by atoms with Crippen LogP contribution in [0.3, 0.4) is 0 Å². The van der Waals surface area contributed by atoms with Crippen LogP contribution in [-0.4, -0.2) is 28.3 Å². The number of rotatable bonds is 3. The van der Waals surface area contributed by atoms with E-state index in [0.29, 0.717) is 6.04 Å². The lowest BCUT2D eigenvalue weighted by Gasteiger charge is -2.35. The van der Waals surface area contributed by atoms with Gasteiger partial charge in [0.2, 0.25) is 5.91 Å². The van der Waals surface area contributed by atoms with E-state index in [1.165, 1.54) is 12.8 Å². The average molecular weight is 322 g/mol. The zero-order chi connectivity index (χ0) is 16.3. The van der Waals surface area contributed by atoms with E-state index in [1.807, 2.05) is 11.1 Å². The number of benzene rings is 1. The van der Waals surface area contributed by atoms with Gasteiger partial charge in [-0.1, -0.05) is 6.07 Å². The standard InChI is InChI=1S/C19H22N4O/c1-12-10-22(19(24)13-2-3-13)18-8-14(4-7-17(18)21-12)15-9-20-23(11-15)16-5-6-16/h4,7-9,11-13,16,21H,2-3,5-6,10H2,1H3/t12-/m0/s1. The van der Waals surface area contributed by atoms with Gasteiger partial charge in [0, 0.05) is 30.3 Å². The second-order valence-corrected chi connectivity index (χ2v) is 7.44. The maximum absolute atomic E-state index is 12.7. The normalized spacial score (nSPS) is 22.9. The van der Waals surface area contributed by atoms with E-state index < -0.39 is 0 Å². The number of nitrogens with one attached hydrogen (secondary N) is 1. The van der Waals surface area contributed by atoms with Crippen molar-refractivity contribution in [3.8, 4) is 11.1 Å². The summed E-state index contributed by atoms with van der Waals surface area (Å²) >= 11 is 0. The molecule has 1 aliphatic heterocycles. The first-order valence-corrected chi connectivity index (χ1v) is 8.95. The van der Waals surface area contributed by atoms with Gasteiger partial charge in [0.1, 0.15) is 0 Å². The van der Waals surface area contributed by atoms with Crippen molar-refractivity contribution in [3.63, 3.8) is 0 Å². The van der Waals surface area contributed by atoms with Crippen molar-refractivity contribution < 1.29 is 4.79 Å². The SMILES string of the molecule is C[C@H]1CN(C(=O)C2CC2)c2cc(-c3cnn(C4CC4)c3)ccc2N1. The molecule has 5 nitrogen and oxygen atoms in total. The Bertz CT molecular complexity index is 803. The molecule has 0 bridgehead atoms. The third-order valence-corrected chi connectivity index (χ3v) is 5.20. The third kappa shape index (κ3) is 2.39. The molecule has 2 aliphatic carbocycles. The molecule has 2 fully saturated rings. The number of hydrogen-bond donors (Lipinski definition) is 1. The van der Waals surface area contributed by atoms with Crippen LogP contribution in [0, 0.1) is 5.92 Å². The van der Waals surface area contributed by atoms with Crippen LogP contribution in [0.25, 0.3) is 11.1 Å². The van der Waals surface area contributed by atoms with Crippen molar-refractivity contribution in [1.29, 1.82) is 0 Å². The fourth-order valence-corrected chi connectivity index (χ4v) is 3.53. The lowest BCUT2D eigenvalue weighted by molar-refractivity contribution is -0.119. The number of carbonyl (C=O) groups excluding carboxylic acids is 1. The summed E-state index contributed by atoms with van der Waals surface area (Å²) in [6.45, 7) is 2.87. The lowest BCUT2D eigenvalue weighted by atomic mass is 10.0. The number of amides is 1. The predicted molar refractivity (Wildman–Crippen MR) is 94.1 cm³/mol. The monoisotopic (exact) mass is 322 g/mol. The molecule has 5 heteroatoms. The first-order chi connectivity index (χ1) is 11.7. The molecule has 2 heterocycles. The summed E-state index contributed by atoms with van der Waals surface area (Å²) in [4.78, 5) is 14.7. The molecule has 0 unspecified atom stereocenters. The molecule has 0 radical (unpaired) electrons. The summed E-state index contributed by atoms with van der Waals surface area (Å²) in [5.41, 5.74) is 4.33. The lowest BCUT2D eigenvalue weighted by Crippen LogP contribution is -2.44. The van der Waals surface area contributed by atoms with Gasteiger partial charge in [-0.05, 0) is 50.3 Å². The Hall–Kier alpha value is -2.30. The van der Waals surface area contributed by atoms with E-state index in [-0.39, 0.29) is 17.9 Å². The molecule has 24 heavy (non-hydrogen) atoms. The summed E-state index contributed by atoms with van der Waals surface area (Å²) in [5, 5.41) is 7.99. The topological polar surface area (TPSA) is 50.2 Å². The van der Waals surface area contributed by atoms with Crippen molar-refractivity contribution in [2.75, 3.05) is 16.8 Å². The van der Waals surface area contributed by atoms with Crippen molar-refractivity contribution in [2.24, 2.45) is 5.92 Å². The molecule has 1 atom stereocenters. The smallest absolute Gasteiger partial charge is 0.230 e. The quantitative estimate of drug-likeness (QED) is 0.942. The van der Waals surface area contributed by atoms with Crippen molar-refractivity contribution in [2.45, 2.75) is 44.7 Å². The van der Waals surface area contributed by atoms with Gasteiger partial charge in [0.15, 0.2) is 0 Å². The van der Waals surface area contributed by atoms with E-state index in [1.54, 1.807) is 0 Å². The molecule has 2 aromatic rings. The molecule has 5 rings (SSSR count). The van der Waals surface area contributed by atoms with Crippen LogP contribution in [0.1, 0.15) is 38.6 Å². The Morgan fingerprint density at radius 3 is 2.79 bits per heavy atom. The minimum Gasteiger partial charge on any atom is -0.379 e. The first-order valence-electron chi connectivity index (χ1n) is 8.95. The Morgan fingerprint density at radius 2 is 2.04 bits per heavy atom. The molecule has 1 N–H and O–H groups in total. The largest absolute Gasteiger partial charge is 0.379 e. The Labute approximate surface area is 141 Å². The van der Waals surface area contributed by atoms with Crippen LogP contribution in [0.2, 0.25) is 0 Å². The number of nitrogens with zero attached hydrogens (tertiary/aromatic N) is 3. The highest BCUT2D eigenvalue weighted by atomic mass is 16.2. The molecule has 0 spiro atoms. The molecule has 124 valence electrons. The summed E-state index contributed by atoms with van der Waals surface area (Å²) in [6.07, 6.45) is 8.62. The number of carbonyl (C=O) groups is 1. The highest BCUT2D eigenvalue weighted by Gasteiger charge is 2.37. The van der Waals surface area contributed by atoms with E-state index in [2.05, 4.69) is 46.4 Å². The van der Waals surface area contributed by atoms with Gasteiger partial charge < -0.3 is 10.2 Å². The van der Waals surface area contributed by atoms with Crippen LogP contribution in [0.5, 0.6) is 0 Å². The van der Waals surface area contributed by atoms with Crippen LogP contribution in [0.15, 0.2) is 30.6 Å². The van der Waals surface area contributed by atoms with Gasteiger partial charge in [0.25, 0.3) is 0 Å². The minimum atomic E-state index is 0.240. The number of hydrogen-bond acceptors (Lipinski definition) is 3. The maximum Gasteiger partial charge on any atom is 0.230 e. The molecule has 1 amide bonds. The molecule has 0 saturated heterocycles. The summed E-state index contributed by atoms with van der Waals surface area (Å²) in [6, 6.07) is 7.23. The van der Waals surface area contributed by atoms with Gasteiger partial charge in [-0.15, -0.1) is 0 Å². The van der Waals surface area contributed by atoms with E-state index in [0.717, 1.165) is 41.9 Å². The Morgan fingerprint density at radius 1 is 1.21 bits per heavy atom. The second-order valence-electron chi connectivity index (χ2n) is 7.44. The molecule has 1 aromatic carbocycles. The number of aromatic nitrogens is 2. The highest BCUT2D eigenvalue weighted by molar-refractivity contribution is 6.01. The summed E-state index contributed by atoms with van der Waals surface area (Å²) in [7, 11) is 0. The van der Waals surface area contributed by atoms with E-state index >= 15 is 0 Å². The average Bonchev–Trinajstić information content (AvgIpc) is 3.51. The van der Waals surface area contributed by atoms with Crippen molar-refractivity contribution in [3.05, 3.63) is 30.6 Å². The van der Waals surface area contributed by atoms with Crippen LogP contribution < -0.4 is 10.2 Å². The van der Waals surface area contributed by atoms with E-state index in [4.69, 9.17) is 0 Å². The zero-order valence-electron chi connectivity index (χ0n) is 13.9. The fourth-order valence-electron chi connectivity index (χ4n) is 3.53. The summed E-state index contributed by atoms with van der Waals surface area (Å²) < 4.78 is 2.07. The molecule has 1 aromatic heterocycles. The van der Waals surface area contributed by atoms with Crippen molar-refractivity contribution >= 4 is 17.3 Å². The van der Waals surface area contributed by atoms with Crippen LogP contribution in [0.4, 0.5) is 11.4 Å². The Kier molecular flexibility index (Phi) is 2.99. The Balaban J connectivity index is 1.52. The van der Waals surface area contributed by atoms with E-state index in [9.17, 15) is 4.79 Å². The molecular formula is C19H22N4O.